The molecule has 2 N–H and O–H groups in total. The maximum Gasteiger partial charge on any atom is 0.253 e. The van der Waals surface area contributed by atoms with Gasteiger partial charge in [0.25, 0.3) is 5.82 Å². The topological polar surface area (TPSA) is 51.9 Å². The van der Waals surface area contributed by atoms with E-state index in [4.69, 9.17) is 17.3 Å². The van der Waals surface area contributed by atoms with Crippen molar-refractivity contribution in [1.29, 1.82) is 0 Å². The van der Waals surface area contributed by atoms with Crippen LogP contribution in [0.1, 0.15) is 47.8 Å². The van der Waals surface area contributed by atoms with Gasteiger partial charge >= 0.3 is 0 Å². The predicted octanol–water partition coefficient (Wildman–Crippen LogP) is 5.60. The number of carbonyl (C=O) groups excluding carboxylic acids is 1. The Balaban J connectivity index is 1.47. The Morgan fingerprint density at radius 3 is 2.14 bits per heavy atom. The minimum absolute atomic E-state index is 0.112. The zero-order chi connectivity index (χ0) is 24.4. The smallest absolute Gasteiger partial charge is 0.253 e. The first-order chi connectivity index (χ1) is 17.0. The normalized spacial score (nSPS) is 18.0. The molecule has 0 spiro atoms. The third kappa shape index (κ3) is 4.28. The van der Waals surface area contributed by atoms with Crippen molar-refractivity contribution in [2.75, 3.05) is 0 Å². The van der Waals surface area contributed by atoms with E-state index in [9.17, 15) is 4.79 Å². The molecule has 1 amide bonds. The summed E-state index contributed by atoms with van der Waals surface area (Å²) in [6, 6.07) is 28.5. The molecule has 1 aliphatic carbocycles. The summed E-state index contributed by atoms with van der Waals surface area (Å²) in [5.41, 5.74) is 8.59. The van der Waals surface area contributed by atoms with Gasteiger partial charge in [0, 0.05) is 11.9 Å². The number of nitrogens with two attached hydrogens (primary N) is 1. The van der Waals surface area contributed by atoms with Crippen LogP contribution in [-0.2, 0) is 16.8 Å². The SMILES string of the molecule is Cc1n([C@H]2CC[C@@H](C(C(N)=O)(c3ccccc3)c3ccccc3)C2)cc[n+]1Cc1ccc(Cl)cc1. The Kier molecular flexibility index (Phi) is 6.48. The Morgan fingerprint density at radius 1 is 0.971 bits per heavy atom. The van der Waals surface area contributed by atoms with Crippen LogP contribution in [0.2, 0.25) is 5.02 Å². The Bertz CT molecular complexity index is 1260. The lowest BCUT2D eigenvalue weighted by atomic mass is 9.64. The highest BCUT2D eigenvalue weighted by Crippen LogP contribution is 2.49. The monoisotopic (exact) mass is 484 g/mol. The number of benzene rings is 3. The van der Waals surface area contributed by atoms with Gasteiger partial charge in [-0.1, -0.05) is 84.4 Å². The van der Waals surface area contributed by atoms with Crippen molar-refractivity contribution in [3.63, 3.8) is 0 Å². The van der Waals surface area contributed by atoms with Crippen LogP contribution in [0, 0.1) is 12.8 Å². The Morgan fingerprint density at radius 2 is 1.57 bits per heavy atom. The van der Waals surface area contributed by atoms with Crippen LogP contribution in [0.4, 0.5) is 0 Å². The van der Waals surface area contributed by atoms with E-state index in [0.29, 0.717) is 6.04 Å². The zero-order valence-corrected chi connectivity index (χ0v) is 20.7. The van der Waals surface area contributed by atoms with Crippen molar-refractivity contribution in [2.24, 2.45) is 11.7 Å². The predicted molar refractivity (Wildman–Crippen MR) is 139 cm³/mol. The van der Waals surface area contributed by atoms with Crippen molar-refractivity contribution < 1.29 is 9.36 Å². The summed E-state index contributed by atoms with van der Waals surface area (Å²) >= 11 is 6.05. The lowest BCUT2D eigenvalue weighted by Crippen LogP contribution is -2.47. The summed E-state index contributed by atoms with van der Waals surface area (Å²) in [7, 11) is 0. The number of halogens is 1. The van der Waals surface area contributed by atoms with Gasteiger partial charge in [-0.05, 0) is 54.0 Å². The molecule has 5 rings (SSSR count). The van der Waals surface area contributed by atoms with Gasteiger partial charge < -0.3 is 5.73 Å². The van der Waals surface area contributed by atoms with E-state index >= 15 is 0 Å². The lowest BCUT2D eigenvalue weighted by Gasteiger charge is -2.37. The van der Waals surface area contributed by atoms with Gasteiger partial charge in [0.1, 0.15) is 30.4 Å². The van der Waals surface area contributed by atoms with E-state index in [1.807, 2.05) is 72.8 Å². The summed E-state index contributed by atoms with van der Waals surface area (Å²) in [5.74, 6) is 1.04. The second-order valence-corrected chi connectivity index (χ2v) is 10.0. The summed E-state index contributed by atoms with van der Waals surface area (Å²) in [6.07, 6.45) is 7.16. The van der Waals surface area contributed by atoms with Crippen molar-refractivity contribution in [2.45, 2.75) is 44.2 Å². The lowest BCUT2D eigenvalue weighted by molar-refractivity contribution is -0.694. The summed E-state index contributed by atoms with van der Waals surface area (Å²) in [6.45, 7) is 2.96. The summed E-state index contributed by atoms with van der Waals surface area (Å²) < 4.78 is 4.64. The minimum atomic E-state index is -0.850. The number of aromatic nitrogens is 2. The number of hydrogen-bond donors (Lipinski definition) is 1. The maximum absolute atomic E-state index is 13.4. The van der Waals surface area contributed by atoms with Crippen LogP contribution in [-0.4, -0.2) is 10.5 Å². The number of amides is 1. The number of nitrogens with zero attached hydrogens (tertiary/aromatic N) is 2. The molecular weight excluding hydrogens is 454 g/mol. The number of carbonyl (C=O) groups is 1. The Labute approximate surface area is 212 Å². The van der Waals surface area contributed by atoms with Gasteiger partial charge in [0.2, 0.25) is 5.91 Å². The van der Waals surface area contributed by atoms with E-state index in [1.54, 1.807) is 0 Å². The fourth-order valence-electron chi connectivity index (χ4n) is 5.99. The molecule has 178 valence electrons. The van der Waals surface area contributed by atoms with Crippen molar-refractivity contribution in [1.82, 2.24) is 4.57 Å². The third-order valence-electron chi connectivity index (χ3n) is 7.72. The molecule has 1 aromatic heterocycles. The number of primary amides is 1. The van der Waals surface area contributed by atoms with E-state index in [-0.39, 0.29) is 11.8 Å². The molecule has 1 aliphatic rings. The van der Waals surface area contributed by atoms with Crippen LogP contribution in [0.3, 0.4) is 0 Å². The number of imidazole rings is 1. The largest absolute Gasteiger partial charge is 0.369 e. The Hall–Kier alpha value is -3.37. The first-order valence-corrected chi connectivity index (χ1v) is 12.6. The van der Waals surface area contributed by atoms with Gasteiger partial charge in [-0.15, -0.1) is 0 Å². The first kappa shape index (κ1) is 23.4. The van der Waals surface area contributed by atoms with Gasteiger partial charge in [-0.3, -0.25) is 4.79 Å². The molecule has 5 heteroatoms. The molecular formula is C30H31ClN3O+. The molecule has 0 bridgehead atoms. The van der Waals surface area contributed by atoms with Gasteiger partial charge in [0.15, 0.2) is 0 Å². The second-order valence-electron chi connectivity index (χ2n) is 9.58. The van der Waals surface area contributed by atoms with Crippen molar-refractivity contribution >= 4 is 17.5 Å². The van der Waals surface area contributed by atoms with Crippen molar-refractivity contribution in [3.05, 3.63) is 125 Å². The standard InChI is InChI=1S/C30H30ClN3O/c1-22-33(21-23-12-15-27(31)16-13-23)18-19-34(22)28-17-14-26(20-28)30(29(32)35,24-8-4-2-5-9-24)25-10-6-3-7-11-25/h2-13,15-16,18-19,26,28H,14,17,20-21H2,1H3,(H-,32,35)/p+1/t26-,28+/m1/s1. The van der Waals surface area contributed by atoms with Crippen molar-refractivity contribution in [3.8, 4) is 0 Å². The second kappa shape index (κ2) is 9.71. The van der Waals surface area contributed by atoms with Gasteiger partial charge in [0.05, 0.1) is 0 Å². The minimum Gasteiger partial charge on any atom is -0.369 e. The average molecular weight is 485 g/mol. The maximum atomic E-state index is 13.4. The molecule has 4 nitrogen and oxygen atoms in total. The van der Waals surface area contributed by atoms with Crippen LogP contribution in [0.25, 0.3) is 0 Å². The molecule has 1 saturated carbocycles. The fraction of sp³-hybridized carbons (Fsp3) is 0.267. The first-order valence-electron chi connectivity index (χ1n) is 12.2. The molecule has 1 fully saturated rings. The highest BCUT2D eigenvalue weighted by molar-refractivity contribution is 6.30. The molecule has 35 heavy (non-hydrogen) atoms. The van der Waals surface area contributed by atoms with Crippen LogP contribution >= 0.6 is 11.6 Å². The highest BCUT2D eigenvalue weighted by atomic mass is 35.5. The highest BCUT2D eigenvalue weighted by Gasteiger charge is 2.51. The number of rotatable bonds is 7. The van der Waals surface area contributed by atoms with E-state index in [2.05, 4.69) is 40.6 Å². The molecule has 0 saturated heterocycles. The van der Waals surface area contributed by atoms with Crippen LogP contribution in [0.5, 0.6) is 0 Å². The van der Waals surface area contributed by atoms with E-state index < -0.39 is 5.41 Å². The molecule has 1 heterocycles. The fourth-order valence-corrected chi connectivity index (χ4v) is 6.11. The summed E-state index contributed by atoms with van der Waals surface area (Å²) in [4.78, 5) is 13.4. The number of hydrogen-bond acceptors (Lipinski definition) is 1. The molecule has 0 aliphatic heterocycles. The van der Waals surface area contributed by atoms with Crippen LogP contribution < -0.4 is 10.3 Å². The van der Waals surface area contributed by atoms with Gasteiger partial charge in [-0.25, -0.2) is 9.13 Å². The summed E-state index contributed by atoms with van der Waals surface area (Å²) in [5, 5.41) is 0.750. The average Bonchev–Trinajstić information content (AvgIpc) is 3.49. The van der Waals surface area contributed by atoms with E-state index in [0.717, 1.165) is 42.0 Å². The molecule has 3 aromatic carbocycles. The molecule has 0 radical (unpaired) electrons. The van der Waals surface area contributed by atoms with Crippen LogP contribution in [0.15, 0.2) is 97.3 Å². The van der Waals surface area contributed by atoms with E-state index in [1.165, 1.54) is 11.4 Å². The molecule has 4 aromatic rings. The zero-order valence-electron chi connectivity index (χ0n) is 20.0. The molecule has 2 atom stereocenters. The molecule has 0 unspecified atom stereocenters. The third-order valence-corrected chi connectivity index (χ3v) is 7.97. The van der Waals surface area contributed by atoms with Gasteiger partial charge in [-0.2, -0.15) is 0 Å². The quantitative estimate of drug-likeness (QED) is 0.341.